The van der Waals surface area contributed by atoms with Crippen molar-refractivity contribution < 1.29 is 4.39 Å². The van der Waals surface area contributed by atoms with E-state index < -0.39 is 0 Å². The third-order valence-corrected chi connectivity index (χ3v) is 5.98. The van der Waals surface area contributed by atoms with Crippen LogP contribution in [0.2, 0.25) is 0 Å². The predicted octanol–water partition coefficient (Wildman–Crippen LogP) is 2.67. The SMILES string of the molecule is CN1C[C@H]2CN(c3nc(N)c4cnn(C)c4n3)C[C@H]2[C@@H]1c1cccc(F)c1.Cl.Cl. The van der Waals surface area contributed by atoms with Crippen LogP contribution in [0.5, 0.6) is 0 Å². The summed E-state index contributed by atoms with van der Waals surface area (Å²) in [5, 5.41) is 5.00. The second-order valence-corrected chi connectivity index (χ2v) is 7.68. The molecule has 0 unspecified atom stereocenters. The van der Waals surface area contributed by atoms with Crippen molar-refractivity contribution >= 4 is 47.6 Å². The highest BCUT2D eigenvalue weighted by atomic mass is 35.5. The number of aromatic nitrogens is 4. The van der Waals surface area contributed by atoms with Crippen molar-refractivity contribution in [1.82, 2.24) is 24.6 Å². The monoisotopic (exact) mass is 439 g/mol. The van der Waals surface area contributed by atoms with Gasteiger partial charge in [0.1, 0.15) is 11.6 Å². The number of hydrogen-bond donors (Lipinski definition) is 1. The van der Waals surface area contributed by atoms with Gasteiger partial charge in [-0.15, -0.1) is 24.8 Å². The van der Waals surface area contributed by atoms with Crippen molar-refractivity contribution in [3.05, 3.63) is 41.8 Å². The Morgan fingerprint density at radius 3 is 2.66 bits per heavy atom. The van der Waals surface area contributed by atoms with Crippen LogP contribution in [0.15, 0.2) is 30.5 Å². The number of anilines is 2. The molecule has 156 valence electrons. The third-order valence-electron chi connectivity index (χ3n) is 5.98. The fourth-order valence-electron chi connectivity index (χ4n) is 4.79. The molecule has 2 saturated heterocycles. The maximum atomic E-state index is 13.8. The van der Waals surface area contributed by atoms with Gasteiger partial charge in [0.05, 0.1) is 11.6 Å². The number of likely N-dealkylation sites (tertiary alicyclic amines) is 1. The number of rotatable bonds is 2. The van der Waals surface area contributed by atoms with Crippen LogP contribution in [0.1, 0.15) is 11.6 Å². The van der Waals surface area contributed by atoms with Crippen LogP contribution in [0, 0.1) is 17.7 Å². The second kappa shape index (κ2) is 7.93. The Kier molecular flexibility index (Phi) is 5.89. The normalized spacial score (nSPS) is 23.7. The Morgan fingerprint density at radius 1 is 1.10 bits per heavy atom. The maximum Gasteiger partial charge on any atom is 0.229 e. The van der Waals surface area contributed by atoms with Gasteiger partial charge in [-0.3, -0.25) is 9.58 Å². The Morgan fingerprint density at radius 2 is 1.90 bits per heavy atom. The van der Waals surface area contributed by atoms with Crippen molar-refractivity contribution in [2.75, 3.05) is 37.3 Å². The summed E-state index contributed by atoms with van der Waals surface area (Å²) >= 11 is 0. The average Bonchev–Trinajstić information content (AvgIpc) is 3.28. The summed E-state index contributed by atoms with van der Waals surface area (Å²) in [4.78, 5) is 13.8. The summed E-state index contributed by atoms with van der Waals surface area (Å²) in [5.74, 6) is 1.83. The lowest BCUT2D eigenvalue weighted by molar-refractivity contribution is 0.279. The van der Waals surface area contributed by atoms with E-state index >= 15 is 0 Å². The van der Waals surface area contributed by atoms with Gasteiger partial charge in [-0.05, 0) is 30.7 Å². The Hall–Kier alpha value is -2.16. The minimum Gasteiger partial charge on any atom is -0.383 e. The first kappa shape index (κ1) is 21.5. The van der Waals surface area contributed by atoms with Crippen molar-refractivity contribution in [3.63, 3.8) is 0 Å². The van der Waals surface area contributed by atoms with Crippen molar-refractivity contribution in [2.45, 2.75) is 6.04 Å². The van der Waals surface area contributed by atoms with E-state index in [0.29, 0.717) is 23.6 Å². The molecule has 2 N–H and O–H groups in total. The van der Waals surface area contributed by atoms with E-state index in [9.17, 15) is 4.39 Å². The van der Waals surface area contributed by atoms with E-state index in [4.69, 9.17) is 10.7 Å². The van der Waals surface area contributed by atoms with E-state index in [-0.39, 0.29) is 36.7 Å². The molecule has 4 heterocycles. The van der Waals surface area contributed by atoms with Gasteiger partial charge in [0, 0.05) is 38.6 Å². The summed E-state index contributed by atoms with van der Waals surface area (Å²) in [6, 6.07) is 7.16. The van der Waals surface area contributed by atoms with Gasteiger partial charge in [0.15, 0.2) is 5.65 Å². The number of aryl methyl sites for hydroxylation is 1. The van der Waals surface area contributed by atoms with E-state index in [2.05, 4.69) is 26.9 Å². The first-order valence-electron chi connectivity index (χ1n) is 9.17. The Bertz CT molecular complexity index is 1030. The highest BCUT2D eigenvalue weighted by Crippen LogP contribution is 2.44. The minimum atomic E-state index is -0.183. The first-order chi connectivity index (χ1) is 13.0. The lowest BCUT2D eigenvalue weighted by Crippen LogP contribution is -2.30. The molecule has 0 amide bonds. The van der Waals surface area contributed by atoms with Gasteiger partial charge >= 0.3 is 0 Å². The van der Waals surface area contributed by atoms with Crippen LogP contribution in [-0.4, -0.2) is 51.3 Å². The molecule has 29 heavy (non-hydrogen) atoms. The van der Waals surface area contributed by atoms with Crippen LogP contribution < -0.4 is 10.6 Å². The fraction of sp³-hybridized carbons (Fsp3) is 0.421. The summed E-state index contributed by atoms with van der Waals surface area (Å²) in [5.41, 5.74) is 7.91. The molecule has 10 heteroatoms. The molecule has 2 aliphatic heterocycles. The smallest absolute Gasteiger partial charge is 0.229 e. The van der Waals surface area contributed by atoms with E-state index in [1.54, 1.807) is 23.0 Å². The molecule has 2 aliphatic rings. The molecule has 0 spiro atoms. The summed E-state index contributed by atoms with van der Waals surface area (Å²) in [7, 11) is 3.97. The zero-order valence-corrected chi connectivity index (χ0v) is 17.8. The van der Waals surface area contributed by atoms with Crippen LogP contribution in [0.4, 0.5) is 16.2 Å². The number of fused-ring (bicyclic) bond motifs is 2. The second-order valence-electron chi connectivity index (χ2n) is 7.68. The lowest BCUT2D eigenvalue weighted by atomic mass is 9.89. The number of halogens is 3. The average molecular weight is 440 g/mol. The van der Waals surface area contributed by atoms with Crippen molar-refractivity contribution in [2.24, 2.45) is 18.9 Å². The molecule has 0 radical (unpaired) electrons. The summed E-state index contributed by atoms with van der Waals surface area (Å²) in [6.45, 7) is 2.69. The Labute approximate surface area is 180 Å². The fourth-order valence-corrected chi connectivity index (χ4v) is 4.79. The predicted molar refractivity (Wildman–Crippen MR) is 116 cm³/mol. The molecule has 0 bridgehead atoms. The van der Waals surface area contributed by atoms with Gasteiger partial charge in [0.25, 0.3) is 0 Å². The highest BCUT2D eigenvalue weighted by Gasteiger charge is 2.46. The maximum absolute atomic E-state index is 13.8. The van der Waals surface area contributed by atoms with Crippen LogP contribution in [-0.2, 0) is 7.05 Å². The highest BCUT2D eigenvalue weighted by molar-refractivity contribution is 5.86. The molecule has 3 atom stereocenters. The quantitative estimate of drug-likeness (QED) is 0.661. The van der Waals surface area contributed by atoms with Crippen LogP contribution in [0.3, 0.4) is 0 Å². The van der Waals surface area contributed by atoms with Gasteiger partial charge < -0.3 is 10.6 Å². The third kappa shape index (κ3) is 3.49. The molecular weight excluding hydrogens is 416 g/mol. The standard InChI is InChI=1S/C19H22FN7.2ClH/c1-25-8-12-9-27(10-15(12)16(25)11-4-3-5-13(20)6-11)19-23-17(21)14-7-22-26(2)18(14)24-19;;/h3-7,12,15-16H,8-10H2,1-2H3,(H2,21,23,24);2*1H/t12-,15+,16-;;/m0../s1. The number of nitrogen functional groups attached to an aromatic ring is 1. The van der Waals surface area contributed by atoms with Gasteiger partial charge in [-0.1, -0.05) is 12.1 Å². The molecule has 0 saturated carbocycles. The van der Waals surface area contributed by atoms with Gasteiger partial charge in [0.2, 0.25) is 5.95 Å². The number of hydrogen-bond acceptors (Lipinski definition) is 6. The molecule has 0 aliphatic carbocycles. The zero-order valence-electron chi connectivity index (χ0n) is 16.2. The molecule has 5 rings (SSSR count). The Balaban J connectivity index is 0.00000120. The molecule has 1 aromatic carbocycles. The number of nitrogens with two attached hydrogens (primary N) is 1. The zero-order chi connectivity index (χ0) is 18.7. The first-order valence-corrected chi connectivity index (χ1v) is 9.17. The molecule has 2 fully saturated rings. The van der Waals surface area contributed by atoms with Crippen LogP contribution in [0.25, 0.3) is 11.0 Å². The van der Waals surface area contributed by atoms with Crippen LogP contribution >= 0.6 is 24.8 Å². The van der Waals surface area contributed by atoms with E-state index in [0.717, 1.165) is 36.2 Å². The molecular formula is C19H24Cl2FN7. The largest absolute Gasteiger partial charge is 0.383 e. The number of nitrogens with zero attached hydrogens (tertiary/aromatic N) is 6. The van der Waals surface area contributed by atoms with E-state index in [1.807, 2.05) is 13.1 Å². The van der Waals surface area contributed by atoms with Gasteiger partial charge in [-0.25, -0.2) is 4.39 Å². The summed E-state index contributed by atoms with van der Waals surface area (Å²) in [6.07, 6.45) is 1.70. The molecule has 7 nitrogen and oxygen atoms in total. The molecule has 3 aromatic rings. The summed E-state index contributed by atoms with van der Waals surface area (Å²) < 4.78 is 15.5. The lowest BCUT2D eigenvalue weighted by Gasteiger charge is -2.27. The minimum absolute atomic E-state index is 0. The van der Waals surface area contributed by atoms with Gasteiger partial charge in [-0.2, -0.15) is 15.1 Å². The van der Waals surface area contributed by atoms with E-state index in [1.165, 1.54) is 6.07 Å². The topological polar surface area (TPSA) is 76.1 Å². The van der Waals surface area contributed by atoms with Crippen molar-refractivity contribution in [3.8, 4) is 0 Å². The van der Waals surface area contributed by atoms with Crippen molar-refractivity contribution in [1.29, 1.82) is 0 Å². The molecule has 2 aromatic heterocycles. The number of benzene rings is 1.